The van der Waals surface area contributed by atoms with Crippen molar-refractivity contribution >= 4 is 0 Å². The fraction of sp³-hybridized carbons (Fsp3) is 0.250. The number of ether oxygens (including phenoxy) is 1. The van der Waals surface area contributed by atoms with Crippen LogP contribution in [-0.2, 0) is 6.54 Å². The summed E-state index contributed by atoms with van der Waals surface area (Å²) in [7, 11) is 1.88. The van der Waals surface area contributed by atoms with Gasteiger partial charge in [-0.25, -0.2) is 9.97 Å². The highest BCUT2D eigenvalue weighted by Gasteiger charge is 2.00. The van der Waals surface area contributed by atoms with E-state index in [9.17, 15) is 0 Å². The highest BCUT2D eigenvalue weighted by atomic mass is 16.5. The van der Waals surface area contributed by atoms with Gasteiger partial charge in [0.2, 0.25) is 0 Å². The molecule has 0 aliphatic carbocycles. The van der Waals surface area contributed by atoms with Gasteiger partial charge in [0.25, 0.3) is 0 Å². The summed E-state index contributed by atoms with van der Waals surface area (Å²) in [6.45, 7) is 2.67. The lowest BCUT2D eigenvalue weighted by Gasteiger charge is -2.04. The van der Waals surface area contributed by atoms with E-state index in [0.29, 0.717) is 11.8 Å². The standard InChI is InChI=1S/C12H14N4O/c1-9-3-4-11(8-14-9)17-12-15-6-10(5-13-2)7-16-12/h3-4,6-8,13H,5H2,1-2H3. The van der Waals surface area contributed by atoms with E-state index in [0.717, 1.165) is 17.8 Å². The van der Waals surface area contributed by atoms with Crippen LogP contribution in [0.1, 0.15) is 11.3 Å². The maximum Gasteiger partial charge on any atom is 0.321 e. The first-order valence-corrected chi connectivity index (χ1v) is 5.34. The predicted molar refractivity (Wildman–Crippen MR) is 63.8 cm³/mol. The Morgan fingerprint density at radius 1 is 1.12 bits per heavy atom. The molecule has 0 aromatic carbocycles. The maximum absolute atomic E-state index is 5.46. The summed E-state index contributed by atoms with van der Waals surface area (Å²) >= 11 is 0. The van der Waals surface area contributed by atoms with Crippen molar-refractivity contribution in [3.63, 3.8) is 0 Å². The van der Waals surface area contributed by atoms with Gasteiger partial charge in [0.05, 0.1) is 6.20 Å². The lowest BCUT2D eigenvalue weighted by Crippen LogP contribution is -2.06. The molecule has 0 spiro atoms. The molecule has 5 heteroatoms. The zero-order valence-electron chi connectivity index (χ0n) is 9.84. The van der Waals surface area contributed by atoms with Crippen LogP contribution in [-0.4, -0.2) is 22.0 Å². The molecule has 1 N–H and O–H groups in total. The molecule has 2 aromatic heterocycles. The van der Waals surface area contributed by atoms with E-state index in [1.165, 1.54) is 0 Å². The molecule has 0 saturated heterocycles. The van der Waals surface area contributed by atoms with Crippen molar-refractivity contribution < 1.29 is 4.74 Å². The normalized spacial score (nSPS) is 10.2. The molecule has 2 aromatic rings. The molecule has 2 heterocycles. The first-order valence-electron chi connectivity index (χ1n) is 5.34. The fourth-order valence-electron chi connectivity index (χ4n) is 1.31. The van der Waals surface area contributed by atoms with E-state index in [1.807, 2.05) is 26.1 Å². The number of aromatic nitrogens is 3. The van der Waals surface area contributed by atoms with Gasteiger partial charge < -0.3 is 10.1 Å². The Morgan fingerprint density at radius 3 is 2.47 bits per heavy atom. The van der Waals surface area contributed by atoms with Gasteiger partial charge in [-0.2, -0.15) is 0 Å². The minimum atomic E-state index is 0.329. The SMILES string of the molecule is CNCc1cnc(Oc2ccc(C)nc2)nc1. The maximum atomic E-state index is 5.46. The van der Waals surface area contributed by atoms with Crippen molar-refractivity contribution in [3.8, 4) is 11.8 Å². The lowest BCUT2D eigenvalue weighted by molar-refractivity contribution is 0.438. The molecule has 0 atom stereocenters. The first kappa shape index (κ1) is 11.5. The number of hydrogen-bond donors (Lipinski definition) is 1. The number of nitrogens with zero attached hydrogens (tertiary/aromatic N) is 3. The molecule has 0 aliphatic rings. The van der Waals surface area contributed by atoms with Crippen molar-refractivity contribution in [3.05, 3.63) is 42.0 Å². The van der Waals surface area contributed by atoms with Gasteiger partial charge in [0.1, 0.15) is 5.75 Å². The smallest absolute Gasteiger partial charge is 0.321 e. The summed E-state index contributed by atoms with van der Waals surface area (Å²) in [4.78, 5) is 12.4. The average molecular weight is 230 g/mol. The molecule has 0 aliphatic heterocycles. The Kier molecular flexibility index (Phi) is 3.62. The third kappa shape index (κ3) is 3.22. The highest BCUT2D eigenvalue weighted by molar-refractivity contribution is 5.22. The molecule has 5 nitrogen and oxygen atoms in total. The Hall–Kier alpha value is -2.01. The Bertz CT molecular complexity index is 467. The van der Waals surface area contributed by atoms with Gasteiger partial charge in [0.15, 0.2) is 0 Å². The van der Waals surface area contributed by atoms with Gasteiger partial charge in [0, 0.05) is 30.2 Å². The quantitative estimate of drug-likeness (QED) is 0.866. The second kappa shape index (κ2) is 5.36. The molecule has 0 amide bonds. The lowest BCUT2D eigenvalue weighted by atomic mass is 10.3. The van der Waals surface area contributed by atoms with Crippen LogP contribution in [0.5, 0.6) is 11.8 Å². The van der Waals surface area contributed by atoms with Gasteiger partial charge in [-0.3, -0.25) is 4.98 Å². The average Bonchev–Trinajstić information content (AvgIpc) is 2.35. The van der Waals surface area contributed by atoms with Crippen LogP contribution in [0.2, 0.25) is 0 Å². The monoisotopic (exact) mass is 230 g/mol. The number of rotatable bonds is 4. The van der Waals surface area contributed by atoms with E-state index in [4.69, 9.17) is 4.74 Å². The third-order valence-corrected chi connectivity index (χ3v) is 2.16. The number of pyridine rings is 1. The fourth-order valence-corrected chi connectivity index (χ4v) is 1.31. The van der Waals surface area contributed by atoms with E-state index in [2.05, 4.69) is 20.3 Å². The van der Waals surface area contributed by atoms with Crippen molar-refractivity contribution in [1.82, 2.24) is 20.3 Å². The summed E-state index contributed by atoms with van der Waals surface area (Å²) in [6, 6.07) is 4.05. The van der Waals surface area contributed by atoms with Crippen molar-refractivity contribution in [2.75, 3.05) is 7.05 Å². The van der Waals surface area contributed by atoms with E-state index in [-0.39, 0.29) is 0 Å². The summed E-state index contributed by atoms with van der Waals surface area (Å²) < 4.78 is 5.46. The molecule has 88 valence electrons. The molecular weight excluding hydrogens is 216 g/mol. The molecule has 0 bridgehead atoms. The first-order chi connectivity index (χ1) is 8.28. The number of nitrogens with one attached hydrogen (secondary N) is 1. The second-order valence-corrected chi connectivity index (χ2v) is 3.64. The third-order valence-electron chi connectivity index (χ3n) is 2.16. The Morgan fingerprint density at radius 2 is 1.88 bits per heavy atom. The van der Waals surface area contributed by atoms with Crippen LogP contribution in [0.3, 0.4) is 0 Å². The molecule has 0 unspecified atom stereocenters. The van der Waals surface area contributed by atoms with Crippen molar-refractivity contribution in [2.45, 2.75) is 13.5 Å². The van der Waals surface area contributed by atoms with Crippen LogP contribution in [0.15, 0.2) is 30.7 Å². The van der Waals surface area contributed by atoms with Gasteiger partial charge in [-0.1, -0.05) is 0 Å². The molecule has 2 rings (SSSR count). The van der Waals surface area contributed by atoms with Crippen LogP contribution < -0.4 is 10.1 Å². The van der Waals surface area contributed by atoms with Gasteiger partial charge in [-0.05, 0) is 26.1 Å². The molecule has 0 saturated carbocycles. The van der Waals surface area contributed by atoms with E-state index < -0.39 is 0 Å². The topological polar surface area (TPSA) is 59.9 Å². The minimum Gasteiger partial charge on any atom is -0.423 e. The van der Waals surface area contributed by atoms with Crippen molar-refractivity contribution in [1.29, 1.82) is 0 Å². The summed E-state index contributed by atoms with van der Waals surface area (Å²) in [5.41, 5.74) is 1.96. The van der Waals surface area contributed by atoms with Crippen molar-refractivity contribution in [2.24, 2.45) is 0 Å². The number of hydrogen-bond acceptors (Lipinski definition) is 5. The molecule has 17 heavy (non-hydrogen) atoms. The van der Waals surface area contributed by atoms with E-state index >= 15 is 0 Å². The van der Waals surface area contributed by atoms with E-state index in [1.54, 1.807) is 18.6 Å². The van der Waals surface area contributed by atoms with Crippen LogP contribution in [0.25, 0.3) is 0 Å². The largest absolute Gasteiger partial charge is 0.423 e. The molecular formula is C12H14N4O. The van der Waals surface area contributed by atoms with Gasteiger partial charge in [-0.15, -0.1) is 0 Å². The predicted octanol–water partition coefficient (Wildman–Crippen LogP) is 1.69. The Labute approximate surface area is 99.9 Å². The Balaban J connectivity index is 2.05. The highest BCUT2D eigenvalue weighted by Crippen LogP contribution is 2.15. The minimum absolute atomic E-state index is 0.329. The van der Waals surface area contributed by atoms with Crippen LogP contribution in [0.4, 0.5) is 0 Å². The van der Waals surface area contributed by atoms with Crippen LogP contribution >= 0.6 is 0 Å². The van der Waals surface area contributed by atoms with Gasteiger partial charge >= 0.3 is 6.01 Å². The zero-order chi connectivity index (χ0) is 12.1. The summed E-state index contributed by atoms with van der Waals surface area (Å²) in [6.07, 6.45) is 5.13. The summed E-state index contributed by atoms with van der Waals surface area (Å²) in [5, 5.41) is 3.03. The number of aryl methyl sites for hydroxylation is 1. The molecule has 0 radical (unpaired) electrons. The molecule has 0 fully saturated rings. The zero-order valence-corrected chi connectivity index (χ0v) is 9.84. The second-order valence-electron chi connectivity index (χ2n) is 3.64. The van der Waals surface area contributed by atoms with Crippen LogP contribution in [0, 0.1) is 6.92 Å². The summed E-state index contributed by atoms with van der Waals surface area (Å²) in [5.74, 6) is 0.636.